The van der Waals surface area contributed by atoms with Gasteiger partial charge in [0, 0.05) is 56.5 Å². The molecule has 3 aliphatic heterocycles. The van der Waals surface area contributed by atoms with Crippen molar-refractivity contribution in [2.24, 2.45) is 0 Å². The molecule has 2 bridgehead atoms. The number of aromatic nitrogens is 4. The molecule has 3 saturated heterocycles. The Labute approximate surface area is 173 Å². The third-order valence-electron chi connectivity index (χ3n) is 6.09. The van der Waals surface area contributed by atoms with Gasteiger partial charge in [0.25, 0.3) is 0 Å². The summed E-state index contributed by atoms with van der Waals surface area (Å²) in [4.78, 5) is 22.0. The minimum Gasteiger partial charge on any atom is -0.374 e. The number of rotatable bonds is 3. The Balaban J connectivity index is 1.48. The summed E-state index contributed by atoms with van der Waals surface area (Å²) in [5.41, 5.74) is 7.07. The lowest BCUT2D eigenvalue weighted by molar-refractivity contribution is -0.0210. The Bertz CT molecular complexity index is 899. The quantitative estimate of drug-likeness (QED) is 0.814. The van der Waals surface area contributed by atoms with Crippen LogP contribution in [0.15, 0.2) is 18.5 Å². The van der Waals surface area contributed by atoms with Gasteiger partial charge in [-0.2, -0.15) is 4.98 Å². The van der Waals surface area contributed by atoms with Crippen LogP contribution in [0.5, 0.6) is 0 Å². The smallest absolute Gasteiger partial charge is 0.248 e. The lowest BCUT2D eigenvalue weighted by Crippen LogP contribution is -2.38. The van der Waals surface area contributed by atoms with Crippen LogP contribution >= 0.6 is 0 Å². The highest BCUT2D eigenvalue weighted by Crippen LogP contribution is 2.35. The van der Waals surface area contributed by atoms with Crippen LogP contribution in [0.4, 0.5) is 26.5 Å². The van der Waals surface area contributed by atoms with E-state index in [0.29, 0.717) is 50.2 Å². The predicted octanol–water partition coefficient (Wildman–Crippen LogP) is 2.51. The van der Waals surface area contributed by atoms with E-state index in [2.05, 4.69) is 14.9 Å². The molecule has 2 N–H and O–H groups in total. The van der Waals surface area contributed by atoms with Gasteiger partial charge in [-0.05, 0) is 19.3 Å². The van der Waals surface area contributed by atoms with Crippen LogP contribution in [-0.2, 0) is 4.74 Å². The van der Waals surface area contributed by atoms with Gasteiger partial charge in [-0.25, -0.2) is 23.7 Å². The second-order valence-electron chi connectivity index (χ2n) is 8.29. The first-order chi connectivity index (χ1) is 14.5. The molecule has 160 valence electrons. The Hall–Kier alpha value is -2.62. The van der Waals surface area contributed by atoms with Gasteiger partial charge >= 0.3 is 0 Å². The number of alkyl halides is 2. The Morgan fingerprint density at radius 1 is 1.10 bits per heavy atom. The molecule has 30 heavy (non-hydrogen) atoms. The first-order valence-corrected chi connectivity index (χ1v) is 10.4. The number of morpholine rings is 1. The Morgan fingerprint density at radius 2 is 1.83 bits per heavy atom. The standard InChI is InChI=1S/C20H25F2N7O/c21-20(22)3-1-5-28(6-2-4-20)19-26-16(13-9-24-18(23)25-10-13)8-17(27-19)29-11-15-7-14(29)12-30-15/h8-10,14-15H,1-7,11-12H2,(H2,23,24,25). The SMILES string of the molecule is Nc1ncc(-c2cc(N3CC4CC3CO4)nc(N3CCCC(F)(F)CCC3)n2)cn1. The summed E-state index contributed by atoms with van der Waals surface area (Å²) in [6.07, 6.45) is 5.13. The molecule has 2 unspecified atom stereocenters. The molecule has 0 spiro atoms. The molecule has 3 aliphatic rings. The van der Waals surface area contributed by atoms with Crippen LogP contribution in [-0.4, -0.2) is 64.2 Å². The largest absolute Gasteiger partial charge is 0.374 e. The fraction of sp³-hybridized carbons (Fsp3) is 0.600. The van der Waals surface area contributed by atoms with Crippen LogP contribution in [0.2, 0.25) is 0 Å². The van der Waals surface area contributed by atoms with E-state index in [-0.39, 0.29) is 24.9 Å². The first kappa shape index (κ1) is 19.3. The number of nitrogens with zero attached hydrogens (tertiary/aromatic N) is 6. The lowest BCUT2D eigenvalue weighted by Gasteiger charge is -2.31. The molecule has 5 heterocycles. The van der Waals surface area contributed by atoms with Crippen molar-refractivity contribution in [3.63, 3.8) is 0 Å². The molecular formula is C20H25F2N7O. The third kappa shape index (κ3) is 3.88. The molecule has 0 radical (unpaired) electrons. The number of hydrogen-bond donors (Lipinski definition) is 1. The number of fused-ring (bicyclic) bond motifs is 2. The van der Waals surface area contributed by atoms with Gasteiger partial charge < -0.3 is 20.3 Å². The summed E-state index contributed by atoms with van der Waals surface area (Å²) < 4.78 is 33.2. The zero-order chi connectivity index (χ0) is 20.7. The maximum Gasteiger partial charge on any atom is 0.248 e. The van der Waals surface area contributed by atoms with Crippen molar-refractivity contribution in [3.8, 4) is 11.3 Å². The maximum atomic E-state index is 13.8. The average Bonchev–Trinajstić information content (AvgIpc) is 3.35. The number of halogens is 2. The van der Waals surface area contributed by atoms with Crippen LogP contribution in [0, 0.1) is 0 Å². The van der Waals surface area contributed by atoms with Crippen LogP contribution < -0.4 is 15.5 Å². The highest BCUT2D eigenvalue weighted by atomic mass is 19.3. The second-order valence-corrected chi connectivity index (χ2v) is 8.29. The molecule has 10 heteroatoms. The highest BCUT2D eigenvalue weighted by molar-refractivity contribution is 5.64. The Morgan fingerprint density at radius 3 is 2.47 bits per heavy atom. The van der Waals surface area contributed by atoms with Crippen LogP contribution in [0.25, 0.3) is 11.3 Å². The van der Waals surface area contributed by atoms with Gasteiger partial charge in [0.15, 0.2) is 0 Å². The van der Waals surface area contributed by atoms with Crippen molar-refractivity contribution >= 4 is 17.7 Å². The number of anilines is 3. The van der Waals surface area contributed by atoms with E-state index in [1.807, 2.05) is 11.0 Å². The van der Waals surface area contributed by atoms with Gasteiger partial charge in [0.05, 0.1) is 24.4 Å². The van der Waals surface area contributed by atoms with E-state index >= 15 is 0 Å². The summed E-state index contributed by atoms with van der Waals surface area (Å²) in [6.45, 7) is 2.51. The summed E-state index contributed by atoms with van der Waals surface area (Å²) in [6, 6.07) is 2.25. The van der Waals surface area contributed by atoms with Gasteiger partial charge in [-0.1, -0.05) is 0 Å². The molecule has 0 aliphatic carbocycles. The van der Waals surface area contributed by atoms with E-state index in [1.165, 1.54) is 0 Å². The highest BCUT2D eigenvalue weighted by Gasteiger charge is 2.40. The van der Waals surface area contributed by atoms with Crippen molar-refractivity contribution in [2.45, 2.75) is 50.2 Å². The first-order valence-electron chi connectivity index (χ1n) is 10.4. The monoisotopic (exact) mass is 417 g/mol. The summed E-state index contributed by atoms with van der Waals surface area (Å²) in [7, 11) is 0. The van der Waals surface area contributed by atoms with Gasteiger partial charge in [0.1, 0.15) is 5.82 Å². The average molecular weight is 417 g/mol. The number of nitrogens with two attached hydrogens (primary N) is 1. The van der Waals surface area contributed by atoms with Crippen molar-refractivity contribution in [3.05, 3.63) is 18.5 Å². The van der Waals surface area contributed by atoms with Crippen LogP contribution in [0.3, 0.4) is 0 Å². The van der Waals surface area contributed by atoms with Crippen molar-refractivity contribution < 1.29 is 13.5 Å². The molecule has 2 aromatic rings. The number of nitrogen functional groups attached to an aromatic ring is 1. The van der Waals surface area contributed by atoms with Crippen molar-refractivity contribution in [2.75, 3.05) is 41.8 Å². The van der Waals surface area contributed by atoms with E-state index in [1.54, 1.807) is 12.4 Å². The fourth-order valence-electron chi connectivity index (χ4n) is 4.50. The number of hydrogen-bond acceptors (Lipinski definition) is 8. The molecule has 8 nitrogen and oxygen atoms in total. The molecule has 2 atom stereocenters. The normalized spacial score (nSPS) is 25.9. The molecule has 2 aromatic heterocycles. The van der Waals surface area contributed by atoms with Gasteiger partial charge in [0.2, 0.25) is 17.8 Å². The summed E-state index contributed by atoms with van der Waals surface area (Å²) >= 11 is 0. The fourth-order valence-corrected chi connectivity index (χ4v) is 4.50. The summed E-state index contributed by atoms with van der Waals surface area (Å²) in [5.74, 6) is -0.981. The Kier molecular flexibility index (Phi) is 4.88. The van der Waals surface area contributed by atoms with Gasteiger partial charge in [-0.15, -0.1) is 0 Å². The lowest BCUT2D eigenvalue weighted by atomic mass is 10.0. The predicted molar refractivity (Wildman–Crippen MR) is 109 cm³/mol. The van der Waals surface area contributed by atoms with E-state index in [9.17, 15) is 8.78 Å². The zero-order valence-corrected chi connectivity index (χ0v) is 16.7. The van der Waals surface area contributed by atoms with Gasteiger partial charge in [-0.3, -0.25) is 0 Å². The summed E-state index contributed by atoms with van der Waals surface area (Å²) in [5, 5.41) is 0. The van der Waals surface area contributed by atoms with E-state index in [4.69, 9.17) is 20.4 Å². The van der Waals surface area contributed by atoms with Crippen molar-refractivity contribution in [1.82, 2.24) is 19.9 Å². The topological polar surface area (TPSA) is 93.3 Å². The number of ether oxygens (including phenoxy) is 1. The maximum absolute atomic E-state index is 13.8. The van der Waals surface area contributed by atoms with Crippen LogP contribution in [0.1, 0.15) is 32.1 Å². The molecular weight excluding hydrogens is 392 g/mol. The van der Waals surface area contributed by atoms with E-state index < -0.39 is 5.92 Å². The molecule has 3 fully saturated rings. The zero-order valence-electron chi connectivity index (χ0n) is 16.7. The molecule has 5 rings (SSSR count). The minimum absolute atomic E-state index is 0.102. The third-order valence-corrected chi connectivity index (χ3v) is 6.09. The molecule has 0 saturated carbocycles. The van der Waals surface area contributed by atoms with Crippen molar-refractivity contribution in [1.29, 1.82) is 0 Å². The minimum atomic E-state index is -2.57. The second kappa shape index (κ2) is 7.57. The molecule has 0 aromatic carbocycles. The molecule has 0 amide bonds. The van der Waals surface area contributed by atoms with E-state index in [0.717, 1.165) is 24.3 Å².